The second kappa shape index (κ2) is 7.75. The van der Waals surface area contributed by atoms with Gasteiger partial charge < -0.3 is 21.1 Å². The van der Waals surface area contributed by atoms with E-state index in [0.29, 0.717) is 12.5 Å². The van der Waals surface area contributed by atoms with Crippen LogP contribution < -0.4 is 11.1 Å². The van der Waals surface area contributed by atoms with Crippen molar-refractivity contribution in [3.8, 4) is 0 Å². The van der Waals surface area contributed by atoms with Gasteiger partial charge in [0.15, 0.2) is 0 Å². The Balaban J connectivity index is 1.64. The van der Waals surface area contributed by atoms with E-state index < -0.39 is 12.0 Å². The molecule has 2 rings (SSSR count). The van der Waals surface area contributed by atoms with Gasteiger partial charge in [0.05, 0.1) is 12.5 Å². The molecule has 1 saturated carbocycles. The maximum atomic E-state index is 11.7. The van der Waals surface area contributed by atoms with Crippen molar-refractivity contribution in [2.75, 3.05) is 19.6 Å². The maximum Gasteiger partial charge on any atom is 0.305 e. The first kappa shape index (κ1) is 16.2. The number of carboxylic acid groups (broad SMARTS) is 1. The van der Waals surface area contributed by atoms with Crippen LogP contribution in [0, 0.1) is 5.92 Å². The molecular formula is C15H27N3O3. The first-order valence-corrected chi connectivity index (χ1v) is 8.05. The summed E-state index contributed by atoms with van der Waals surface area (Å²) in [6.07, 6.45) is 7.29. The Morgan fingerprint density at radius 2 is 1.81 bits per heavy atom. The number of carboxylic acids is 1. The Morgan fingerprint density at radius 3 is 2.38 bits per heavy atom. The Bertz CT molecular complexity index is 361. The Kier molecular flexibility index (Phi) is 5.99. The largest absolute Gasteiger partial charge is 0.481 e. The van der Waals surface area contributed by atoms with E-state index in [1.165, 1.54) is 25.7 Å². The lowest BCUT2D eigenvalue weighted by Gasteiger charge is -2.36. The van der Waals surface area contributed by atoms with Gasteiger partial charge in [-0.15, -0.1) is 0 Å². The highest BCUT2D eigenvalue weighted by atomic mass is 16.4. The van der Waals surface area contributed by atoms with E-state index in [0.717, 1.165) is 32.0 Å². The van der Waals surface area contributed by atoms with Gasteiger partial charge in [0.1, 0.15) is 0 Å². The lowest BCUT2D eigenvalue weighted by molar-refractivity contribution is -0.139. The molecule has 0 spiro atoms. The van der Waals surface area contributed by atoms with Gasteiger partial charge in [0.25, 0.3) is 0 Å². The third-order valence-corrected chi connectivity index (χ3v) is 4.79. The van der Waals surface area contributed by atoms with E-state index in [1.54, 1.807) is 0 Å². The van der Waals surface area contributed by atoms with Crippen LogP contribution in [0.15, 0.2) is 0 Å². The number of amides is 1. The van der Waals surface area contributed by atoms with E-state index in [4.69, 9.17) is 10.8 Å². The number of hydrogen-bond acceptors (Lipinski definition) is 4. The summed E-state index contributed by atoms with van der Waals surface area (Å²) in [4.78, 5) is 24.8. The number of likely N-dealkylation sites (tertiary alicyclic amines) is 1. The first-order chi connectivity index (χ1) is 10.1. The van der Waals surface area contributed by atoms with Crippen LogP contribution >= 0.6 is 0 Å². The summed E-state index contributed by atoms with van der Waals surface area (Å²) in [5.74, 6) is -0.901. The van der Waals surface area contributed by atoms with Crippen molar-refractivity contribution in [2.45, 2.75) is 57.0 Å². The molecule has 1 aliphatic carbocycles. The Hall–Kier alpha value is -1.14. The smallest absolute Gasteiger partial charge is 0.305 e. The number of nitrogens with one attached hydrogen (secondary N) is 1. The van der Waals surface area contributed by atoms with Crippen LogP contribution in [0.2, 0.25) is 0 Å². The fraction of sp³-hybridized carbons (Fsp3) is 0.867. The molecule has 1 aliphatic heterocycles. The zero-order valence-corrected chi connectivity index (χ0v) is 12.6. The number of piperidine rings is 1. The summed E-state index contributed by atoms with van der Waals surface area (Å²) in [5, 5.41) is 11.4. The molecule has 2 fully saturated rings. The van der Waals surface area contributed by atoms with Crippen LogP contribution in [0.3, 0.4) is 0 Å². The quantitative estimate of drug-likeness (QED) is 0.666. The molecule has 0 radical (unpaired) electrons. The number of nitrogens with zero attached hydrogens (tertiary/aromatic N) is 1. The summed E-state index contributed by atoms with van der Waals surface area (Å²) in [7, 11) is 0. The monoisotopic (exact) mass is 297 g/mol. The average Bonchev–Trinajstić information content (AvgIpc) is 2.98. The molecule has 2 aliphatic rings. The fourth-order valence-electron chi connectivity index (χ4n) is 3.45. The van der Waals surface area contributed by atoms with Crippen molar-refractivity contribution >= 4 is 11.9 Å². The predicted molar refractivity (Wildman–Crippen MR) is 79.8 cm³/mol. The van der Waals surface area contributed by atoms with Crippen molar-refractivity contribution in [1.29, 1.82) is 0 Å². The van der Waals surface area contributed by atoms with Crippen LogP contribution in [-0.4, -0.2) is 53.6 Å². The zero-order valence-electron chi connectivity index (χ0n) is 12.6. The number of carbonyl (C=O) groups excluding carboxylic acids is 1. The van der Waals surface area contributed by atoms with Crippen LogP contribution in [0.4, 0.5) is 0 Å². The standard InChI is InChI=1S/C15H27N3O3/c16-13(9-14(19)20)15(21)17-10-11-5-7-18(8-6-11)12-3-1-2-4-12/h11-13H,1-10,16H2,(H,17,21)(H,19,20)/t13-/m0/s1. The molecule has 1 amide bonds. The molecule has 1 saturated heterocycles. The van der Waals surface area contributed by atoms with Gasteiger partial charge in [-0.2, -0.15) is 0 Å². The first-order valence-electron chi connectivity index (χ1n) is 8.05. The van der Waals surface area contributed by atoms with Gasteiger partial charge in [-0.1, -0.05) is 12.8 Å². The van der Waals surface area contributed by atoms with E-state index in [-0.39, 0.29) is 12.3 Å². The molecule has 0 bridgehead atoms. The minimum Gasteiger partial charge on any atom is -0.481 e. The summed E-state index contributed by atoms with van der Waals surface area (Å²) in [6.45, 7) is 2.85. The molecule has 4 N–H and O–H groups in total. The number of aliphatic carboxylic acids is 1. The second-order valence-electron chi connectivity index (χ2n) is 6.37. The van der Waals surface area contributed by atoms with Gasteiger partial charge in [-0.25, -0.2) is 0 Å². The normalized spacial score (nSPS) is 23.1. The van der Waals surface area contributed by atoms with Crippen LogP contribution in [0.1, 0.15) is 44.9 Å². The van der Waals surface area contributed by atoms with E-state index in [9.17, 15) is 9.59 Å². The molecule has 6 nitrogen and oxygen atoms in total. The highest BCUT2D eigenvalue weighted by molar-refractivity contribution is 5.85. The molecule has 21 heavy (non-hydrogen) atoms. The minimum absolute atomic E-state index is 0.314. The predicted octanol–water partition coefficient (Wildman–Crippen LogP) is 0.559. The topological polar surface area (TPSA) is 95.7 Å². The summed E-state index contributed by atoms with van der Waals surface area (Å²) in [6, 6.07) is -0.161. The fourth-order valence-corrected chi connectivity index (χ4v) is 3.45. The second-order valence-corrected chi connectivity index (χ2v) is 6.37. The van der Waals surface area contributed by atoms with E-state index in [2.05, 4.69) is 10.2 Å². The molecule has 6 heteroatoms. The third-order valence-electron chi connectivity index (χ3n) is 4.79. The molecule has 1 atom stereocenters. The summed E-state index contributed by atoms with van der Waals surface area (Å²) >= 11 is 0. The molecule has 1 heterocycles. The van der Waals surface area contributed by atoms with Crippen molar-refractivity contribution in [3.63, 3.8) is 0 Å². The van der Waals surface area contributed by atoms with Crippen LogP contribution in [-0.2, 0) is 9.59 Å². The van der Waals surface area contributed by atoms with Crippen molar-refractivity contribution in [2.24, 2.45) is 11.7 Å². The number of carbonyl (C=O) groups is 2. The lowest BCUT2D eigenvalue weighted by atomic mass is 9.95. The van der Waals surface area contributed by atoms with Gasteiger partial charge >= 0.3 is 5.97 Å². The van der Waals surface area contributed by atoms with Gasteiger partial charge in [-0.3, -0.25) is 9.59 Å². The molecule has 0 unspecified atom stereocenters. The third kappa shape index (κ3) is 4.97. The Morgan fingerprint density at radius 1 is 1.19 bits per heavy atom. The highest BCUT2D eigenvalue weighted by Gasteiger charge is 2.27. The lowest BCUT2D eigenvalue weighted by Crippen LogP contribution is -2.46. The number of hydrogen-bond donors (Lipinski definition) is 3. The number of nitrogens with two attached hydrogens (primary N) is 1. The van der Waals surface area contributed by atoms with E-state index in [1.807, 2.05) is 0 Å². The van der Waals surface area contributed by atoms with Crippen LogP contribution in [0.5, 0.6) is 0 Å². The molecule has 0 aromatic carbocycles. The van der Waals surface area contributed by atoms with Crippen molar-refractivity contribution in [1.82, 2.24) is 10.2 Å². The van der Waals surface area contributed by atoms with Crippen molar-refractivity contribution in [3.05, 3.63) is 0 Å². The number of rotatable bonds is 6. The molecule has 120 valence electrons. The minimum atomic E-state index is -1.04. The van der Waals surface area contributed by atoms with Gasteiger partial charge in [0.2, 0.25) is 5.91 Å². The SMILES string of the molecule is N[C@@H](CC(=O)O)C(=O)NCC1CCN(C2CCCC2)CC1. The summed E-state index contributed by atoms with van der Waals surface area (Å²) in [5.41, 5.74) is 5.54. The van der Waals surface area contributed by atoms with Crippen molar-refractivity contribution < 1.29 is 14.7 Å². The summed E-state index contributed by atoms with van der Waals surface area (Å²) < 4.78 is 0. The Labute approximate surface area is 126 Å². The van der Waals surface area contributed by atoms with Gasteiger partial charge in [0, 0.05) is 12.6 Å². The highest BCUT2D eigenvalue weighted by Crippen LogP contribution is 2.27. The van der Waals surface area contributed by atoms with Gasteiger partial charge in [-0.05, 0) is 44.7 Å². The van der Waals surface area contributed by atoms with Crippen LogP contribution in [0.25, 0.3) is 0 Å². The zero-order chi connectivity index (χ0) is 15.2. The molecule has 0 aromatic heterocycles. The molecule has 0 aromatic rings. The molecular weight excluding hydrogens is 270 g/mol. The average molecular weight is 297 g/mol. The maximum absolute atomic E-state index is 11.7. The van der Waals surface area contributed by atoms with E-state index >= 15 is 0 Å².